The second-order valence-electron chi connectivity index (χ2n) is 6.20. The summed E-state index contributed by atoms with van der Waals surface area (Å²) in [4.78, 5) is 0. The molecular weight excluding hydrogens is 246 g/mol. The van der Waals surface area contributed by atoms with Gasteiger partial charge in [0.1, 0.15) is 5.75 Å². The molecule has 0 saturated heterocycles. The molecule has 1 saturated carbocycles. The number of nitrogens with one attached hydrogen (secondary N) is 1. The molecule has 2 nitrogen and oxygen atoms in total. The highest BCUT2D eigenvalue weighted by molar-refractivity contribution is 5.41. The van der Waals surface area contributed by atoms with Crippen LogP contribution in [-0.4, -0.2) is 19.2 Å². The number of rotatable bonds is 6. The summed E-state index contributed by atoms with van der Waals surface area (Å²) in [5, 5.41) is 3.62. The van der Waals surface area contributed by atoms with Crippen LogP contribution >= 0.6 is 0 Å². The Hall–Kier alpha value is -1.02. The minimum Gasteiger partial charge on any atom is -0.493 e. The zero-order valence-electron chi connectivity index (χ0n) is 13.5. The van der Waals surface area contributed by atoms with Gasteiger partial charge in [0.2, 0.25) is 0 Å². The SMILES string of the molecule is CCNC1CCCC1CCOc1cc(C)cc(C)c1C. The first-order chi connectivity index (χ1) is 9.61. The molecule has 112 valence electrons. The molecule has 1 aliphatic carbocycles. The van der Waals surface area contributed by atoms with E-state index in [1.54, 1.807) is 0 Å². The average Bonchev–Trinajstić information content (AvgIpc) is 2.83. The highest BCUT2D eigenvalue weighted by atomic mass is 16.5. The lowest BCUT2D eigenvalue weighted by molar-refractivity contribution is 0.259. The largest absolute Gasteiger partial charge is 0.493 e. The predicted molar refractivity (Wildman–Crippen MR) is 85.6 cm³/mol. The molecule has 1 N–H and O–H groups in total. The second-order valence-corrected chi connectivity index (χ2v) is 6.20. The van der Waals surface area contributed by atoms with Gasteiger partial charge in [-0.2, -0.15) is 0 Å². The minimum absolute atomic E-state index is 0.712. The molecule has 0 amide bonds. The molecule has 2 unspecified atom stereocenters. The zero-order valence-corrected chi connectivity index (χ0v) is 13.5. The Kier molecular flexibility index (Phi) is 5.47. The van der Waals surface area contributed by atoms with Crippen LogP contribution in [0, 0.1) is 26.7 Å². The lowest BCUT2D eigenvalue weighted by Crippen LogP contribution is -2.32. The Morgan fingerprint density at radius 1 is 1.20 bits per heavy atom. The van der Waals surface area contributed by atoms with E-state index < -0.39 is 0 Å². The van der Waals surface area contributed by atoms with Gasteiger partial charge in [0.05, 0.1) is 6.61 Å². The van der Waals surface area contributed by atoms with Gasteiger partial charge >= 0.3 is 0 Å². The van der Waals surface area contributed by atoms with Crippen molar-refractivity contribution in [3.8, 4) is 5.75 Å². The number of hydrogen-bond donors (Lipinski definition) is 1. The summed E-state index contributed by atoms with van der Waals surface area (Å²) in [6.07, 6.45) is 5.23. The van der Waals surface area contributed by atoms with Crippen molar-refractivity contribution in [1.29, 1.82) is 0 Å². The first-order valence-electron chi connectivity index (χ1n) is 8.05. The van der Waals surface area contributed by atoms with E-state index in [0.717, 1.165) is 24.8 Å². The Morgan fingerprint density at radius 3 is 2.75 bits per heavy atom. The maximum absolute atomic E-state index is 6.06. The molecule has 1 aromatic rings. The van der Waals surface area contributed by atoms with Crippen LogP contribution in [0.4, 0.5) is 0 Å². The summed E-state index contributed by atoms with van der Waals surface area (Å²) in [5.41, 5.74) is 3.89. The molecule has 0 bridgehead atoms. The van der Waals surface area contributed by atoms with Crippen molar-refractivity contribution in [2.24, 2.45) is 5.92 Å². The molecular formula is C18H29NO. The van der Waals surface area contributed by atoms with Crippen LogP contribution in [-0.2, 0) is 0 Å². The van der Waals surface area contributed by atoms with Crippen molar-refractivity contribution in [2.45, 2.75) is 59.4 Å². The zero-order chi connectivity index (χ0) is 14.5. The smallest absolute Gasteiger partial charge is 0.122 e. The van der Waals surface area contributed by atoms with E-state index in [9.17, 15) is 0 Å². The maximum atomic E-state index is 6.06. The van der Waals surface area contributed by atoms with Gasteiger partial charge in [0.25, 0.3) is 0 Å². The molecule has 1 fully saturated rings. The van der Waals surface area contributed by atoms with Crippen molar-refractivity contribution in [2.75, 3.05) is 13.2 Å². The molecule has 20 heavy (non-hydrogen) atoms. The van der Waals surface area contributed by atoms with E-state index in [-0.39, 0.29) is 0 Å². The van der Waals surface area contributed by atoms with E-state index in [1.165, 1.54) is 42.4 Å². The Bertz CT molecular complexity index is 441. The van der Waals surface area contributed by atoms with Gasteiger partial charge in [-0.1, -0.05) is 19.4 Å². The Balaban J connectivity index is 1.87. The first-order valence-corrected chi connectivity index (χ1v) is 8.05. The van der Waals surface area contributed by atoms with Crippen LogP contribution < -0.4 is 10.1 Å². The third-order valence-electron chi connectivity index (χ3n) is 4.64. The van der Waals surface area contributed by atoms with Gasteiger partial charge in [0, 0.05) is 6.04 Å². The average molecular weight is 275 g/mol. The summed E-state index contributed by atoms with van der Waals surface area (Å²) < 4.78 is 6.06. The summed E-state index contributed by atoms with van der Waals surface area (Å²) in [6.45, 7) is 10.6. The summed E-state index contributed by atoms with van der Waals surface area (Å²) in [5.74, 6) is 1.86. The van der Waals surface area contributed by atoms with Crippen molar-refractivity contribution in [3.63, 3.8) is 0 Å². The predicted octanol–water partition coefficient (Wildman–Crippen LogP) is 4.16. The number of hydrogen-bond acceptors (Lipinski definition) is 2. The summed E-state index contributed by atoms with van der Waals surface area (Å²) in [7, 11) is 0. The van der Waals surface area contributed by atoms with Gasteiger partial charge in [0.15, 0.2) is 0 Å². The highest BCUT2D eigenvalue weighted by Crippen LogP contribution is 2.29. The van der Waals surface area contributed by atoms with Crippen molar-refractivity contribution >= 4 is 0 Å². The molecule has 0 aliphatic heterocycles. The normalized spacial score (nSPS) is 22.2. The van der Waals surface area contributed by atoms with Gasteiger partial charge in [-0.3, -0.25) is 0 Å². The second kappa shape index (κ2) is 7.12. The van der Waals surface area contributed by atoms with Crippen LogP contribution in [0.5, 0.6) is 5.75 Å². The standard InChI is InChI=1S/C18H29NO/c1-5-19-17-8-6-7-16(17)9-10-20-18-12-13(2)11-14(3)15(18)4/h11-12,16-17,19H,5-10H2,1-4H3. The van der Waals surface area contributed by atoms with Gasteiger partial charge in [-0.25, -0.2) is 0 Å². The monoisotopic (exact) mass is 275 g/mol. The fraction of sp³-hybridized carbons (Fsp3) is 0.667. The lowest BCUT2D eigenvalue weighted by atomic mass is 10.00. The molecule has 0 aromatic heterocycles. The third kappa shape index (κ3) is 3.76. The highest BCUT2D eigenvalue weighted by Gasteiger charge is 2.26. The Labute approximate surface area is 123 Å². The number of benzene rings is 1. The van der Waals surface area contributed by atoms with Crippen LogP contribution in [0.15, 0.2) is 12.1 Å². The van der Waals surface area contributed by atoms with E-state index >= 15 is 0 Å². The van der Waals surface area contributed by atoms with E-state index in [0.29, 0.717) is 6.04 Å². The molecule has 0 spiro atoms. The number of aryl methyl sites for hydroxylation is 2. The van der Waals surface area contributed by atoms with E-state index in [4.69, 9.17) is 4.74 Å². The molecule has 0 heterocycles. The summed E-state index contributed by atoms with van der Waals surface area (Å²) in [6, 6.07) is 5.10. The van der Waals surface area contributed by atoms with Gasteiger partial charge in [-0.15, -0.1) is 0 Å². The molecule has 1 aromatic carbocycles. The van der Waals surface area contributed by atoms with E-state index in [1.807, 2.05) is 0 Å². The van der Waals surface area contributed by atoms with Gasteiger partial charge < -0.3 is 10.1 Å². The molecule has 2 atom stereocenters. The summed E-state index contributed by atoms with van der Waals surface area (Å²) >= 11 is 0. The lowest BCUT2D eigenvalue weighted by Gasteiger charge is -2.21. The maximum Gasteiger partial charge on any atom is 0.122 e. The van der Waals surface area contributed by atoms with Crippen LogP contribution in [0.3, 0.4) is 0 Å². The molecule has 0 radical (unpaired) electrons. The topological polar surface area (TPSA) is 21.3 Å². The molecule has 2 rings (SSSR count). The third-order valence-corrected chi connectivity index (χ3v) is 4.64. The number of ether oxygens (including phenoxy) is 1. The first kappa shape index (κ1) is 15.4. The van der Waals surface area contributed by atoms with Gasteiger partial charge in [-0.05, 0) is 75.3 Å². The van der Waals surface area contributed by atoms with Crippen molar-refractivity contribution in [3.05, 3.63) is 28.8 Å². The van der Waals surface area contributed by atoms with Crippen LogP contribution in [0.1, 0.15) is 49.3 Å². The van der Waals surface area contributed by atoms with Crippen LogP contribution in [0.2, 0.25) is 0 Å². The fourth-order valence-electron chi connectivity index (χ4n) is 3.38. The molecule has 1 aliphatic rings. The van der Waals surface area contributed by atoms with E-state index in [2.05, 4.69) is 45.1 Å². The minimum atomic E-state index is 0.712. The Morgan fingerprint density at radius 2 is 2.00 bits per heavy atom. The van der Waals surface area contributed by atoms with Crippen LogP contribution in [0.25, 0.3) is 0 Å². The van der Waals surface area contributed by atoms with Crippen molar-refractivity contribution in [1.82, 2.24) is 5.32 Å². The fourth-order valence-corrected chi connectivity index (χ4v) is 3.38. The molecule has 2 heteroatoms. The van der Waals surface area contributed by atoms with Crippen molar-refractivity contribution < 1.29 is 4.74 Å². The quantitative estimate of drug-likeness (QED) is 0.841.